The topological polar surface area (TPSA) is 81.1 Å². The third kappa shape index (κ3) is 3.79. The van der Waals surface area contributed by atoms with Crippen LogP contribution in [-0.2, 0) is 9.84 Å². The molecule has 1 aromatic carbocycles. The number of thiophene rings is 1. The lowest BCUT2D eigenvalue weighted by Crippen LogP contribution is -2.16. The lowest BCUT2D eigenvalue weighted by atomic mass is 10.2. The summed E-state index contributed by atoms with van der Waals surface area (Å²) in [5.74, 6) is -0.677. The molecule has 2 aromatic heterocycles. The van der Waals surface area contributed by atoms with Crippen molar-refractivity contribution in [3.8, 4) is 10.6 Å². The zero-order valence-electron chi connectivity index (χ0n) is 14.1. The number of benzene rings is 1. The summed E-state index contributed by atoms with van der Waals surface area (Å²) < 4.78 is 38.4. The Hall–Kier alpha value is -2.52. The maximum Gasteiger partial charge on any atom is 0.276 e. The van der Waals surface area contributed by atoms with Crippen LogP contribution in [0.1, 0.15) is 23.0 Å². The van der Waals surface area contributed by atoms with Crippen molar-refractivity contribution in [3.05, 3.63) is 59.4 Å². The number of amides is 1. The number of sulfone groups is 1. The van der Waals surface area contributed by atoms with Crippen LogP contribution >= 0.6 is 11.3 Å². The van der Waals surface area contributed by atoms with E-state index in [0.29, 0.717) is 12.1 Å². The molecule has 3 heterocycles. The van der Waals surface area contributed by atoms with Crippen LogP contribution in [0.4, 0.5) is 10.1 Å². The van der Waals surface area contributed by atoms with Crippen molar-refractivity contribution < 1.29 is 17.6 Å². The van der Waals surface area contributed by atoms with Crippen LogP contribution in [-0.4, -0.2) is 35.6 Å². The SMILES string of the molecule is O=C(Nc1ccc(F)cc1)c1cc(-c2cccs2)n([C@@H]2CCS(=O)(=O)C2)n1. The van der Waals surface area contributed by atoms with Crippen LogP contribution < -0.4 is 5.32 Å². The van der Waals surface area contributed by atoms with Gasteiger partial charge in [-0.2, -0.15) is 5.10 Å². The van der Waals surface area contributed by atoms with Crippen LogP contribution in [0, 0.1) is 5.82 Å². The maximum absolute atomic E-state index is 13.0. The van der Waals surface area contributed by atoms with Gasteiger partial charge in [-0.3, -0.25) is 9.48 Å². The van der Waals surface area contributed by atoms with Gasteiger partial charge in [0.2, 0.25) is 0 Å². The minimum absolute atomic E-state index is 0.0199. The zero-order valence-corrected chi connectivity index (χ0v) is 15.8. The lowest BCUT2D eigenvalue weighted by Gasteiger charge is -2.12. The van der Waals surface area contributed by atoms with Crippen molar-refractivity contribution in [2.24, 2.45) is 0 Å². The largest absolute Gasteiger partial charge is 0.321 e. The first-order chi connectivity index (χ1) is 12.9. The molecular weight excluding hydrogens is 389 g/mol. The Labute approximate surface area is 159 Å². The van der Waals surface area contributed by atoms with Gasteiger partial charge < -0.3 is 5.32 Å². The minimum Gasteiger partial charge on any atom is -0.321 e. The minimum atomic E-state index is -3.09. The van der Waals surface area contributed by atoms with Crippen LogP contribution in [0.5, 0.6) is 0 Å². The summed E-state index contributed by atoms with van der Waals surface area (Å²) in [6.07, 6.45) is 0.474. The molecule has 1 N–H and O–H groups in total. The highest BCUT2D eigenvalue weighted by molar-refractivity contribution is 7.91. The van der Waals surface area contributed by atoms with E-state index in [0.717, 1.165) is 10.6 Å². The molecule has 0 radical (unpaired) electrons. The summed E-state index contributed by atoms with van der Waals surface area (Å²) in [5, 5.41) is 8.99. The first-order valence-corrected chi connectivity index (χ1v) is 11.0. The van der Waals surface area contributed by atoms with E-state index in [4.69, 9.17) is 0 Å². The van der Waals surface area contributed by atoms with Gasteiger partial charge in [-0.05, 0) is 48.2 Å². The number of anilines is 1. The van der Waals surface area contributed by atoms with Gasteiger partial charge >= 0.3 is 0 Å². The summed E-state index contributed by atoms with van der Waals surface area (Å²) in [6, 6.07) is 10.6. The van der Waals surface area contributed by atoms with Crippen LogP contribution in [0.3, 0.4) is 0 Å². The van der Waals surface area contributed by atoms with Gasteiger partial charge in [0, 0.05) is 5.69 Å². The van der Waals surface area contributed by atoms with Gasteiger partial charge in [0.15, 0.2) is 15.5 Å². The molecule has 0 aliphatic carbocycles. The third-order valence-corrected chi connectivity index (χ3v) is 7.04. The Morgan fingerprint density at radius 1 is 1.26 bits per heavy atom. The second kappa shape index (κ2) is 6.90. The highest BCUT2D eigenvalue weighted by atomic mass is 32.2. The summed E-state index contributed by atoms with van der Waals surface area (Å²) >= 11 is 1.50. The van der Waals surface area contributed by atoms with E-state index in [1.807, 2.05) is 17.5 Å². The monoisotopic (exact) mass is 405 g/mol. The Morgan fingerprint density at radius 3 is 2.67 bits per heavy atom. The third-order valence-electron chi connectivity index (χ3n) is 4.40. The van der Waals surface area contributed by atoms with Crippen molar-refractivity contribution in [1.82, 2.24) is 9.78 Å². The number of aromatic nitrogens is 2. The molecule has 1 fully saturated rings. The van der Waals surface area contributed by atoms with Gasteiger partial charge in [-0.25, -0.2) is 12.8 Å². The second-order valence-corrected chi connectivity index (χ2v) is 9.53. The summed E-state index contributed by atoms with van der Waals surface area (Å²) in [5.41, 5.74) is 1.36. The maximum atomic E-state index is 13.0. The van der Waals surface area contributed by atoms with Gasteiger partial charge in [0.1, 0.15) is 5.82 Å². The molecule has 1 amide bonds. The van der Waals surface area contributed by atoms with Gasteiger partial charge in [-0.15, -0.1) is 11.3 Å². The fourth-order valence-corrected chi connectivity index (χ4v) is 5.51. The number of halogens is 1. The molecule has 6 nitrogen and oxygen atoms in total. The van der Waals surface area contributed by atoms with E-state index >= 15 is 0 Å². The molecule has 1 aliphatic heterocycles. The number of carbonyl (C=O) groups is 1. The summed E-state index contributed by atoms with van der Waals surface area (Å²) in [6.45, 7) is 0. The number of carbonyl (C=O) groups excluding carboxylic acids is 1. The standard InChI is InChI=1S/C18H16FN3O3S2/c19-12-3-5-13(6-4-12)20-18(23)15-10-16(17-2-1-8-26-17)22(21-15)14-7-9-27(24,25)11-14/h1-6,8,10,14H,7,9,11H2,(H,20,23)/t14-/m1/s1. The number of nitrogens with one attached hydrogen (secondary N) is 1. The molecule has 0 unspecified atom stereocenters. The fourth-order valence-electron chi connectivity index (χ4n) is 3.09. The fraction of sp³-hybridized carbons (Fsp3) is 0.222. The van der Waals surface area contributed by atoms with Crippen molar-refractivity contribution in [2.45, 2.75) is 12.5 Å². The normalized spacial score (nSPS) is 18.5. The Balaban J connectivity index is 1.66. The predicted molar refractivity (Wildman–Crippen MR) is 102 cm³/mol. The molecule has 4 rings (SSSR count). The Morgan fingerprint density at radius 2 is 2.04 bits per heavy atom. The smallest absolute Gasteiger partial charge is 0.276 e. The second-order valence-electron chi connectivity index (χ2n) is 6.35. The van der Waals surface area contributed by atoms with E-state index < -0.39 is 15.7 Å². The Kier molecular flexibility index (Phi) is 4.56. The molecule has 140 valence electrons. The summed E-state index contributed by atoms with van der Waals surface area (Å²) in [7, 11) is -3.09. The van der Waals surface area contributed by atoms with E-state index in [1.54, 1.807) is 10.7 Å². The molecule has 1 saturated heterocycles. The van der Waals surface area contributed by atoms with Crippen LogP contribution in [0.2, 0.25) is 0 Å². The number of hydrogen-bond acceptors (Lipinski definition) is 5. The predicted octanol–water partition coefficient (Wildman–Crippen LogP) is 3.36. The van der Waals surface area contributed by atoms with Crippen molar-refractivity contribution >= 4 is 32.8 Å². The number of hydrogen-bond donors (Lipinski definition) is 1. The highest BCUT2D eigenvalue weighted by Gasteiger charge is 2.32. The van der Waals surface area contributed by atoms with Crippen molar-refractivity contribution in [1.29, 1.82) is 0 Å². The van der Waals surface area contributed by atoms with Gasteiger partial charge in [-0.1, -0.05) is 6.07 Å². The zero-order chi connectivity index (χ0) is 19.0. The average molecular weight is 405 g/mol. The first-order valence-electron chi connectivity index (χ1n) is 8.32. The van der Waals surface area contributed by atoms with Crippen molar-refractivity contribution in [2.75, 3.05) is 16.8 Å². The van der Waals surface area contributed by atoms with Crippen LogP contribution in [0.15, 0.2) is 47.8 Å². The Bertz CT molecular complexity index is 1070. The van der Waals surface area contributed by atoms with Crippen molar-refractivity contribution in [3.63, 3.8) is 0 Å². The van der Waals surface area contributed by atoms with E-state index in [1.165, 1.54) is 35.6 Å². The molecule has 9 heteroatoms. The molecule has 27 heavy (non-hydrogen) atoms. The molecule has 0 saturated carbocycles. The quantitative estimate of drug-likeness (QED) is 0.722. The van der Waals surface area contributed by atoms with Gasteiger partial charge in [0.05, 0.1) is 28.1 Å². The van der Waals surface area contributed by atoms with Gasteiger partial charge in [0.25, 0.3) is 5.91 Å². The highest BCUT2D eigenvalue weighted by Crippen LogP contribution is 2.32. The molecule has 0 bridgehead atoms. The molecular formula is C18H16FN3O3S2. The lowest BCUT2D eigenvalue weighted by molar-refractivity contribution is 0.102. The van der Waals surface area contributed by atoms with E-state index in [-0.39, 0.29) is 29.1 Å². The summed E-state index contributed by atoms with van der Waals surface area (Å²) in [4.78, 5) is 13.5. The van der Waals surface area contributed by atoms with Crippen LogP contribution in [0.25, 0.3) is 10.6 Å². The molecule has 3 aromatic rings. The first kappa shape index (κ1) is 17.9. The molecule has 1 atom stereocenters. The van der Waals surface area contributed by atoms with E-state index in [9.17, 15) is 17.6 Å². The molecule has 1 aliphatic rings. The number of nitrogens with zero attached hydrogens (tertiary/aromatic N) is 2. The molecule has 0 spiro atoms. The average Bonchev–Trinajstić information content (AvgIpc) is 3.35. The number of rotatable bonds is 4. The van der Waals surface area contributed by atoms with E-state index in [2.05, 4.69) is 10.4 Å².